The average Bonchev–Trinajstić information content (AvgIpc) is 2.90. The normalized spacial score (nSPS) is 18.0. The van der Waals surface area contributed by atoms with Crippen LogP contribution in [0.4, 0.5) is 18.9 Å². The first-order valence-corrected chi connectivity index (χ1v) is 6.28. The zero-order chi connectivity index (χ0) is 14.6. The molecule has 21 heavy (non-hydrogen) atoms. The minimum atomic E-state index is -4.38. The van der Waals surface area contributed by atoms with Crippen molar-refractivity contribution in [2.45, 2.75) is 25.1 Å². The zero-order valence-electron chi connectivity index (χ0n) is 11.1. The summed E-state index contributed by atoms with van der Waals surface area (Å²) in [5.74, 6) is -0.116. The molecular formula is C13H16ClF3N2O2. The fourth-order valence-corrected chi connectivity index (χ4v) is 1.97. The summed E-state index contributed by atoms with van der Waals surface area (Å²) < 4.78 is 40.8. The van der Waals surface area contributed by atoms with Crippen molar-refractivity contribution >= 4 is 24.0 Å². The molecule has 8 heteroatoms. The second-order valence-corrected chi connectivity index (χ2v) is 4.57. The van der Waals surface area contributed by atoms with Gasteiger partial charge in [-0.1, -0.05) is 6.07 Å². The number of carbonyl (C=O) groups excluding carboxylic acids is 1. The number of rotatable bonds is 4. The molecule has 1 aliphatic heterocycles. The molecule has 0 aromatic heterocycles. The van der Waals surface area contributed by atoms with E-state index in [0.29, 0.717) is 5.69 Å². The molecule has 1 fully saturated rings. The molecule has 1 aromatic rings. The lowest BCUT2D eigenvalue weighted by Gasteiger charge is -2.13. The first kappa shape index (κ1) is 17.6. The third-order valence-corrected chi connectivity index (χ3v) is 2.88. The summed E-state index contributed by atoms with van der Waals surface area (Å²) in [6.45, 7) is -0.554. The van der Waals surface area contributed by atoms with Crippen molar-refractivity contribution in [1.29, 1.82) is 0 Å². The minimum Gasteiger partial charge on any atom is -0.484 e. The predicted octanol–water partition coefficient (Wildman–Crippen LogP) is 2.74. The molecule has 0 saturated carbocycles. The topological polar surface area (TPSA) is 50.4 Å². The number of hydrogen-bond donors (Lipinski definition) is 2. The van der Waals surface area contributed by atoms with Gasteiger partial charge < -0.3 is 15.4 Å². The SMILES string of the molecule is Cl.O=C(Nc1cccc(OCC(F)(F)F)c1)C1CCCN1. The summed E-state index contributed by atoms with van der Waals surface area (Å²) in [4.78, 5) is 11.8. The van der Waals surface area contributed by atoms with Crippen LogP contribution in [-0.2, 0) is 4.79 Å². The Hall–Kier alpha value is -1.47. The summed E-state index contributed by atoms with van der Waals surface area (Å²) in [5.41, 5.74) is 0.420. The van der Waals surface area contributed by atoms with Gasteiger partial charge in [0, 0.05) is 11.8 Å². The Morgan fingerprint density at radius 3 is 2.81 bits per heavy atom. The number of carbonyl (C=O) groups is 1. The van der Waals surface area contributed by atoms with Gasteiger partial charge in [0.25, 0.3) is 0 Å². The molecule has 1 atom stereocenters. The van der Waals surface area contributed by atoms with Crippen molar-refractivity contribution in [2.75, 3.05) is 18.5 Å². The van der Waals surface area contributed by atoms with E-state index in [2.05, 4.69) is 15.4 Å². The van der Waals surface area contributed by atoms with Gasteiger partial charge in [-0.3, -0.25) is 4.79 Å². The minimum absolute atomic E-state index is 0. The third-order valence-electron chi connectivity index (χ3n) is 2.88. The Morgan fingerprint density at radius 2 is 2.19 bits per heavy atom. The summed E-state index contributed by atoms with van der Waals surface area (Å²) in [6, 6.07) is 5.68. The largest absolute Gasteiger partial charge is 0.484 e. The van der Waals surface area contributed by atoms with E-state index < -0.39 is 12.8 Å². The summed E-state index contributed by atoms with van der Waals surface area (Å²) >= 11 is 0. The van der Waals surface area contributed by atoms with Crippen molar-refractivity contribution < 1.29 is 22.7 Å². The van der Waals surface area contributed by atoms with Crippen LogP contribution in [0.5, 0.6) is 5.75 Å². The number of hydrogen-bond acceptors (Lipinski definition) is 3. The van der Waals surface area contributed by atoms with E-state index in [4.69, 9.17) is 0 Å². The van der Waals surface area contributed by atoms with Crippen LogP contribution < -0.4 is 15.4 Å². The third kappa shape index (κ3) is 5.81. The lowest BCUT2D eigenvalue weighted by Crippen LogP contribution is -2.35. The van der Waals surface area contributed by atoms with Crippen LogP contribution in [-0.4, -0.2) is 31.3 Å². The molecule has 0 spiro atoms. The van der Waals surface area contributed by atoms with Crippen LogP contribution in [0, 0.1) is 0 Å². The first-order chi connectivity index (χ1) is 9.44. The van der Waals surface area contributed by atoms with Crippen molar-refractivity contribution in [3.8, 4) is 5.75 Å². The van der Waals surface area contributed by atoms with Crippen LogP contribution in [0.2, 0.25) is 0 Å². The van der Waals surface area contributed by atoms with Crippen molar-refractivity contribution in [3.05, 3.63) is 24.3 Å². The highest BCUT2D eigenvalue weighted by Crippen LogP contribution is 2.21. The van der Waals surface area contributed by atoms with Crippen LogP contribution in [0.3, 0.4) is 0 Å². The maximum atomic E-state index is 12.1. The van der Waals surface area contributed by atoms with Crippen LogP contribution >= 0.6 is 12.4 Å². The predicted molar refractivity (Wildman–Crippen MR) is 74.9 cm³/mol. The van der Waals surface area contributed by atoms with Gasteiger partial charge in [0.05, 0.1) is 6.04 Å². The van der Waals surface area contributed by atoms with Crippen molar-refractivity contribution in [2.24, 2.45) is 0 Å². The maximum Gasteiger partial charge on any atom is 0.422 e. The van der Waals surface area contributed by atoms with Crippen LogP contribution in [0.15, 0.2) is 24.3 Å². The summed E-state index contributed by atoms with van der Waals surface area (Å²) in [6.07, 6.45) is -2.68. The smallest absolute Gasteiger partial charge is 0.422 e. The second-order valence-electron chi connectivity index (χ2n) is 4.57. The molecule has 2 rings (SSSR count). The second kappa shape index (κ2) is 7.51. The van der Waals surface area contributed by atoms with E-state index >= 15 is 0 Å². The lowest BCUT2D eigenvalue weighted by molar-refractivity contribution is -0.153. The van der Waals surface area contributed by atoms with Gasteiger partial charge in [0.2, 0.25) is 5.91 Å². The Morgan fingerprint density at radius 1 is 1.43 bits per heavy atom. The number of alkyl halides is 3. The molecule has 118 valence electrons. The summed E-state index contributed by atoms with van der Waals surface area (Å²) in [7, 11) is 0. The van der Waals surface area contributed by atoms with Crippen molar-refractivity contribution in [3.63, 3.8) is 0 Å². The number of nitrogens with one attached hydrogen (secondary N) is 2. The van der Waals surface area contributed by atoms with Gasteiger partial charge in [-0.05, 0) is 31.5 Å². The molecule has 1 saturated heterocycles. The standard InChI is InChI=1S/C13H15F3N2O2.ClH/c14-13(15,16)8-20-10-4-1-3-9(7-10)18-12(19)11-5-2-6-17-11;/h1,3-4,7,11,17H,2,5-6,8H2,(H,18,19);1H. The van der Waals surface area contributed by atoms with Gasteiger partial charge in [-0.2, -0.15) is 13.2 Å². The number of amides is 1. The first-order valence-electron chi connectivity index (χ1n) is 6.28. The molecule has 1 aromatic carbocycles. The molecule has 0 bridgehead atoms. The molecule has 2 N–H and O–H groups in total. The number of ether oxygens (including phenoxy) is 1. The van der Waals surface area contributed by atoms with Gasteiger partial charge in [-0.25, -0.2) is 0 Å². The van der Waals surface area contributed by atoms with Crippen LogP contribution in [0.1, 0.15) is 12.8 Å². The fraction of sp³-hybridized carbons (Fsp3) is 0.462. The van der Waals surface area contributed by atoms with Gasteiger partial charge in [0.1, 0.15) is 5.75 Å². The van der Waals surface area contributed by atoms with Crippen LogP contribution in [0.25, 0.3) is 0 Å². The van der Waals surface area contributed by atoms with E-state index in [1.807, 2.05) is 0 Å². The molecule has 1 unspecified atom stereocenters. The number of benzene rings is 1. The van der Waals surface area contributed by atoms with Crippen molar-refractivity contribution in [1.82, 2.24) is 5.32 Å². The van der Waals surface area contributed by atoms with E-state index in [1.165, 1.54) is 18.2 Å². The van der Waals surface area contributed by atoms with E-state index in [1.54, 1.807) is 6.07 Å². The highest BCUT2D eigenvalue weighted by molar-refractivity contribution is 5.95. The van der Waals surface area contributed by atoms with E-state index in [-0.39, 0.29) is 30.1 Å². The highest BCUT2D eigenvalue weighted by Gasteiger charge is 2.28. The quantitative estimate of drug-likeness (QED) is 0.895. The maximum absolute atomic E-state index is 12.1. The molecule has 4 nitrogen and oxygen atoms in total. The molecule has 0 aliphatic carbocycles. The highest BCUT2D eigenvalue weighted by atomic mass is 35.5. The lowest BCUT2D eigenvalue weighted by atomic mass is 10.2. The van der Waals surface area contributed by atoms with Gasteiger partial charge in [-0.15, -0.1) is 12.4 Å². The Kier molecular flexibility index (Phi) is 6.29. The summed E-state index contributed by atoms with van der Waals surface area (Å²) in [5, 5.41) is 5.70. The average molecular weight is 325 g/mol. The monoisotopic (exact) mass is 324 g/mol. The molecule has 1 aliphatic rings. The molecule has 1 heterocycles. The molecule has 0 radical (unpaired) electrons. The van der Waals surface area contributed by atoms with Gasteiger partial charge >= 0.3 is 6.18 Å². The van der Waals surface area contributed by atoms with E-state index in [9.17, 15) is 18.0 Å². The number of anilines is 1. The van der Waals surface area contributed by atoms with E-state index in [0.717, 1.165) is 19.4 Å². The number of halogens is 4. The molecular weight excluding hydrogens is 309 g/mol. The Balaban J connectivity index is 0.00000220. The van der Waals surface area contributed by atoms with Gasteiger partial charge in [0.15, 0.2) is 6.61 Å². The Labute approximate surface area is 126 Å². The zero-order valence-corrected chi connectivity index (χ0v) is 11.9. The fourth-order valence-electron chi connectivity index (χ4n) is 1.97. The Bertz CT molecular complexity index is 477. The molecule has 1 amide bonds.